The van der Waals surface area contributed by atoms with E-state index < -0.39 is 5.97 Å². The molecule has 0 aliphatic carbocycles. The quantitative estimate of drug-likeness (QED) is 0.471. The molecule has 1 aromatic heterocycles. The van der Waals surface area contributed by atoms with Crippen molar-refractivity contribution in [2.75, 3.05) is 14.2 Å². The van der Waals surface area contributed by atoms with Crippen molar-refractivity contribution >= 4 is 35.4 Å². The van der Waals surface area contributed by atoms with E-state index in [9.17, 15) is 9.59 Å². The number of esters is 1. The minimum atomic E-state index is -0.596. The Morgan fingerprint density at radius 3 is 1.93 bits per heavy atom. The van der Waals surface area contributed by atoms with Crippen LogP contribution in [0.25, 0.3) is 0 Å². The maximum atomic E-state index is 12.8. The van der Waals surface area contributed by atoms with Crippen LogP contribution in [0.3, 0.4) is 0 Å². The SMILES string of the molecule is COc1ccc(C(=O)Oc2csc(=S)n2C(=O)c2ccc(OC)cc2)cc1. The first-order valence-corrected chi connectivity index (χ1v) is 9.08. The molecule has 2 aromatic carbocycles. The Hall–Kier alpha value is -2.97. The Morgan fingerprint density at radius 1 is 0.889 bits per heavy atom. The van der Waals surface area contributed by atoms with Gasteiger partial charge in [-0.05, 0) is 60.7 Å². The van der Waals surface area contributed by atoms with Gasteiger partial charge in [0.2, 0.25) is 5.88 Å². The van der Waals surface area contributed by atoms with E-state index in [0.29, 0.717) is 22.6 Å². The Morgan fingerprint density at radius 2 is 1.41 bits per heavy atom. The van der Waals surface area contributed by atoms with Gasteiger partial charge in [0, 0.05) is 5.56 Å². The van der Waals surface area contributed by atoms with Crippen molar-refractivity contribution in [1.29, 1.82) is 0 Å². The summed E-state index contributed by atoms with van der Waals surface area (Å²) in [5.41, 5.74) is 0.725. The van der Waals surface area contributed by atoms with Gasteiger partial charge in [0.25, 0.3) is 5.91 Å². The predicted molar refractivity (Wildman–Crippen MR) is 104 cm³/mol. The molecule has 3 aromatic rings. The van der Waals surface area contributed by atoms with Crippen LogP contribution in [-0.4, -0.2) is 30.7 Å². The minimum Gasteiger partial charge on any atom is -0.497 e. The molecule has 27 heavy (non-hydrogen) atoms. The summed E-state index contributed by atoms with van der Waals surface area (Å²) in [6.07, 6.45) is 0. The number of ether oxygens (including phenoxy) is 3. The van der Waals surface area contributed by atoms with Gasteiger partial charge in [-0.25, -0.2) is 9.36 Å². The van der Waals surface area contributed by atoms with Crippen molar-refractivity contribution in [3.63, 3.8) is 0 Å². The molecule has 0 unspecified atom stereocenters. The van der Waals surface area contributed by atoms with E-state index >= 15 is 0 Å². The van der Waals surface area contributed by atoms with Crippen molar-refractivity contribution in [1.82, 2.24) is 4.57 Å². The van der Waals surface area contributed by atoms with Crippen LogP contribution in [0.1, 0.15) is 20.7 Å². The van der Waals surface area contributed by atoms with E-state index in [1.165, 1.54) is 17.1 Å². The summed E-state index contributed by atoms with van der Waals surface area (Å²) in [6, 6.07) is 13.1. The monoisotopic (exact) mass is 401 g/mol. The van der Waals surface area contributed by atoms with Crippen LogP contribution in [0.5, 0.6) is 17.4 Å². The summed E-state index contributed by atoms with van der Waals surface area (Å²) in [4.78, 5) is 25.2. The fourth-order valence-electron chi connectivity index (χ4n) is 2.29. The van der Waals surface area contributed by atoms with E-state index in [1.807, 2.05) is 0 Å². The number of thiazole rings is 1. The summed E-state index contributed by atoms with van der Waals surface area (Å²) in [5.74, 6) is 0.348. The van der Waals surface area contributed by atoms with Gasteiger partial charge in [0.05, 0.1) is 25.2 Å². The lowest BCUT2D eigenvalue weighted by molar-refractivity contribution is 0.0716. The Kier molecular flexibility index (Phi) is 5.68. The van der Waals surface area contributed by atoms with Crippen molar-refractivity contribution < 1.29 is 23.8 Å². The molecule has 8 heteroatoms. The zero-order chi connectivity index (χ0) is 19.4. The second-order valence-corrected chi connectivity index (χ2v) is 6.83. The highest BCUT2D eigenvalue weighted by atomic mass is 32.1. The lowest BCUT2D eigenvalue weighted by atomic mass is 10.2. The van der Waals surface area contributed by atoms with Crippen LogP contribution < -0.4 is 14.2 Å². The lowest BCUT2D eigenvalue weighted by Crippen LogP contribution is -2.17. The molecule has 138 valence electrons. The van der Waals surface area contributed by atoms with Gasteiger partial charge in [0.1, 0.15) is 11.5 Å². The first-order chi connectivity index (χ1) is 13.0. The standard InChI is InChI=1S/C19H15NO5S2/c1-23-14-7-3-12(4-8-14)17(21)20-16(11-27-19(20)26)25-18(22)13-5-9-15(24-2)10-6-13/h3-11H,1-2H3. The van der Waals surface area contributed by atoms with Crippen LogP contribution in [0.4, 0.5) is 0 Å². The molecular weight excluding hydrogens is 386 g/mol. The summed E-state index contributed by atoms with van der Waals surface area (Å²) in [6.45, 7) is 0. The van der Waals surface area contributed by atoms with Crippen LogP contribution in [-0.2, 0) is 0 Å². The highest BCUT2D eigenvalue weighted by molar-refractivity contribution is 7.73. The molecule has 0 spiro atoms. The summed E-state index contributed by atoms with van der Waals surface area (Å²) in [7, 11) is 3.08. The van der Waals surface area contributed by atoms with Gasteiger partial charge in [-0.1, -0.05) is 0 Å². The lowest BCUT2D eigenvalue weighted by Gasteiger charge is -2.09. The number of carbonyl (C=O) groups is 2. The molecule has 0 bridgehead atoms. The highest BCUT2D eigenvalue weighted by Gasteiger charge is 2.19. The van der Waals surface area contributed by atoms with Crippen molar-refractivity contribution in [2.24, 2.45) is 0 Å². The third-order valence-electron chi connectivity index (χ3n) is 3.73. The van der Waals surface area contributed by atoms with Gasteiger partial charge in [-0.3, -0.25) is 4.79 Å². The smallest absolute Gasteiger partial charge is 0.344 e. The number of nitrogens with zero attached hydrogens (tertiary/aromatic N) is 1. The van der Waals surface area contributed by atoms with Crippen molar-refractivity contribution in [3.05, 3.63) is 69.0 Å². The van der Waals surface area contributed by atoms with Crippen LogP contribution >= 0.6 is 23.6 Å². The van der Waals surface area contributed by atoms with Crippen molar-refractivity contribution in [3.8, 4) is 17.4 Å². The third-order valence-corrected chi connectivity index (χ3v) is 4.90. The molecule has 6 nitrogen and oxygen atoms in total. The number of rotatable bonds is 5. The second kappa shape index (κ2) is 8.15. The molecule has 0 saturated heterocycles. The number of methoxy groups -OCH3 is 2. The maximum absolute atomic E-state index is 12.8. The molecule has 0 radical (unpaired) electrons. The van der Waals surface area contributed by atoms with Gasteiger partial charge in [-0.15, -0.1) is 11.3 Å². The highest BCUT2D eigenvalue weighted by Crippen LogP contribution is 2.23. The first-order valence-electron chi connectivity index (χ1n) is 7.79. The Balaban J connectivity index is 1.86. The van der Waals surface area contributed by atoms with Crippen LogP contribution in [0, 0.1) is 3.95 Å². The van der Waals surface area contributed by atoms with Gasteiger partial charge < -0.3 is 14.2 Å². The minimum absolute atomic E-state index is 0.0756. The number of hydrogen-bond donors (Lipinski definition) is 0. The van der Waals surface area contributed by atoms with Crippen LogP contribution in [0.2, 0.25) is 0 Å². The van der Waals surface area contributed by atoms with Crippen LogP contribution in [0.15, 0.2) is 53.9 Å². The number of carbonyl (C=O) groups excluding carboxylic acids is 2. The summed E-state index contributed by atoms with van der Waals surface area (Å²) < 4.78 is 17.0. The molecule has 0 aliphatic heterocycles. The number of aromatic nitrogens is 1. The predicted octanol–water partition coefficient (Wildman–Crippen LogP) is 4.20. The Labute approximate surface area is 164 Å². The maximum Gasteiger partial charge on any atom is 0.344 e. The average molecular weight is 401 g/mol. The van der Waals surface area contributed by atoms with E-state index in [4.69, 9.17) is 26.4 Å². The molecule has 0 fully saturated rings. The molecule has 0 saturated carbocycles. The first kappa shape index (κ1) is 18.8. The molecule has 0 atom stereocenters. The molecule has 0 N–H and O–H groups in total. The number of hydrogen-bond acceptors (Lipinski definition) is 7. The van der Waals surface area contributed by atoms with E-state index in [-0.39, 0.29) is 15.7 Å². The topological polar surface area (TPSA) is 66.8 Å². The second-order valence-electron chi connectivity index (χ2n) is 5.33. The average Bonchev–Trinajstić information content (AvgIpc) is 3.07. The zero-order valence-corrected chi connectivity index (χ0v) is 16.1. The summed E-state index contributed by atoms with van der Waals surface area (Å²) >= 11 is 6.37. The van der Waals surface area contributed by atoms with E-state index in [2.05, 4.69) is 0 Å². The summed E-state index contributed by atoms with van der Waals surface area (Å²) in [5, 5.41) is 1.53. The van der Waals surface area contributed by atoms with Gasteiger partial charge in [0.15, 0.2) is 3.95 Å². The van der Waals surface area contributed by atoms with Gasteiger partial charge in [-0.2, -0.15) is 0 Å². The third kappa shape index (κ3) is 4.07. The molecule has 0 amide bonds. The van der Waals surface area contributed by atoms with Gasteiger partial charge >= 0.3 is 5.97 Å². The molecular formula is C19H15NO5S2. The zero-order valence-electron chi connectivity index (χ0n) is 14.5. The van der Waals surface area contributed by atoms with E-state index in [1.54, 1.807) is 55.6 Å². The molecule has 1 heterocycles. The molecule has 0 aliphatic rings. The normalized spacial score (nSPS) is 10.3. The fraction of sp³-hybridized carbons (Fsp3) is 0.105. The molecule has 3 rings (SSSR count). The Bertz CT molecular complexity index is 1020. The van der Waals surface area contributed by atoms with E-state index in [0.717, 1.165) is 11.3 Å². The number of benzene rings is 2. The van der Waals surface area contributed by atoms with Crippen molar-refractivity contribution in [2.45, 2.75) is 0 Å². The fourth-order valence-corrected chi connectivity index (χ4v) is 3.24. The largest absolute Gasteiger partial charge is 0.497 e.